The van der Waals surface area contributed by atoms with Gasteiger partial charge in [-0.15, -0.1) is 5.10 Å². The fourth-order valence-electron chi connectivity index (χ4n) is 1.93. The van der Waals surface area contributed by atoms with Crippen LogP contribution in [-0.4, -0.2) is 34.2 Å². The summed E-state index contributed by atoms with van der Waals surface area (Å²) in [6, 6.07) is 8.68. The summed E-state index contributed by atoms with van der Waals surface area (Å²) < 4.78 is 0. The molecule has 1 heterocycles. The van der Waals surface area contributed by atoms with E-state index in [2.05, 4.69) is 32.7 Å². The van der Waals surface area contributed by atoms with E-state index in [0.717, 1.165) is 24.2 Å². The molecule has 0 bridgehead atoms. The summed E-state index contributed by atoms with van der Waals surface area (Å²) in [6.45, 7) is 2.05. The number of thioether (sulfide) groups is 1. The highest BCUT2D eigenvalue weighted by Crippen LogP contribution is 2.33. The molecule has 2 rings (SSSR count). The molecule has 1 atom stereocenters. The van der Waals surface area contributed by atoms with E-state index in [4.69, 9.17) is 0 Å². The Morgan fingerprint density at radius 1 is 1.30 bits per heavy atom. The molecule has 7 nitrogen and oxygen atoms in total. The second-order valence-electron chi connectivity index (χ2n) is 4.79. The number of amides is 3. The van der Waals surface area contributed by atoms with Gasteiger partial charge < -0.3 is 5.32 Å². The van der Waals surface area contributed by atoms with Crippen LogP contribution in [-0.2, 0) is 11.2 Å². The van der Waals surface area contributed by atoms with E-state index < -0.39 is 17.2 Å². The van der Waals surface area contributed by atoms with E-state index in [-0.39, 0.29) is 0 Å². The number of imide groups is 1. The van der Waals surface area contributed by atoms with Gasteiger partial charge in [-0.05, 0) is 12.0 Å². The normalized spacial score (nSPS) is 11.7. The molecule has 0 aliphatic rings. The maximum Gasteiger partial charge on any atom is 0.321 e. The van der Waals surface area contributed by atoms with Crippen LogP contribution in [0.1, 0.15) is 30.0 Å². The average molecular weight is 333 g/mol. The van der Waals surface area contributed by atoms with Crippen LogP contribution in [0.15, 0.2) is 35.5 Å². The lowest BCUT2D eigenvalue weighted by molar-refractivity contribution is -0.119. The number of benzene rings is 1. The molecule has 122 valence electrons. The first-order chi connectivity index (χ1) is 11.1. The first-order valence-corrected chi connectivity index (χ1v) is 8.17. The Morgan fingerprint density at radius 3 is 2.70 bits per heavy atom. The van der Waals surface area contributed by atoms with Gasteiger partial charge in [0.05, 0.1) is 0 Å². The molecule has 1 aromatic carbocycles. The van der Waals surface area contributed by atoms with Crippen LogP contribution in [0.4, 0.5) is 4.79 Å². The number of H-pyrrole nitrogens is 1. The Bertz CT molecular complexity index is 659. The first-order valence-electron chi connectivity index (χ1n) is 7.29. The SMILES string of the molecule is CCCc1nc(SC(C(=O)NC(=O)NC)c2ccccc2)n[nH]1. The number of hydrogen-bond donors (Lipinski definition) is 3. The van der Waals surface area contributed by atoms with Crippen molar-refractivity contribution in [3.8, 4) is 0 Å². The maximum absolute atomic E-state index is 12.4. The number of nitrogens with one attached hydrogen (secondary N) is 3. The van der Waals surface area contributed by atoms with Gasteiger partial charge >= 0.3 is 6.03 Å². The highest BCUT2D eigenvalue weighted by molar-refractivity contribution is 8.00. The first kappa shape index (κ1) is 17.0. The van der Waals surface area contributed by atoms with Crippen molar-refractivity contribution in [2.75, 3.05) is 7.05 Å². The molecule has 0 aliphatic carbocycles. The maximum atomic E-state index is 12.4. The summed E-state index contributed by atoms with van der Waals surface area (Å²) >= 11 is 1.20. The van der Waals surface area contributed by atoms with Gasteiger partial charge in [-0.25, -0.2) is 9.78 Å². The van der Waals surface area contributed by atoms with E-state index >= 15 is 0 Å². The molecular weight excluding hydrogens is 314 g/mol. The van der Waals surface area contributed by atoms with Crippen LogP contribution in [0, 0.1) is 0 Å². The number of hydrogen-bond acceptors (Lipinski definition) is 5. The van der Waals surface area contributed by atoms with Crippen molar-refractivity contribution >= 4 is 23.7 Å². The Labute approximate surface area is 138 Å². The third-order valence-electron chi connectivity index (χ3n) is 3.03. The van der Waals surface area contributed by atoms with Gasteiger partial charge in [0.1, 0.15) is 11.1 Å². The summed E-state index contributed by atoms with van der Waals surface area (Å²) in [7, 11) is 1.46. The molecule has 0 saturated carbocycles. The van der Waals surface area contributed by atoms with E-state index in [1.165, 1.54) is 18.8 Å². The van der Waals surface area contributed by atoms with Crippen molar-refractivity contribution in [3.05, 3.63) is 41.7 Å². The Morgan fingerprint density at radius 2 is 2.04 bits per heavy atom. The molecule has 0 saturated heterocycles. The van der Waals surface area contributed by atoms with E-state index in [1.807, 2.05) is 30.3 Å². The smallest absolute Gasteiger partial charge is 0.321 e. The van der Waals surface area contributed by atoms with Gasteiger partial charge in [0.25, 0.3) is 0 Å². The quantitative estimate of drug-likeness (QED) is 0.703. The number of aromatic amines is 1. The lowest BCUT2D eigenvalue weighted by Crippen LogP contribution is -2.39. The van der Waals surface area contributed by atoms with Gasteiger partial charge in [0, 0.05) is 13.5 Å². The van der Waals surface area contributed by atoms with Crippen LogP contribution in [0.3, 0.4) is 0 Å². The van der Waals surface area contributed by atoms with Gasteiger partial charge in [-0.2, -0.15) is 0 Å². The summed E-state index contributed by atoms with van der Waals surface area (Å²) in [6.07, 6.45) is 1.76. The molecule has 0 aliphatic heterocycles. The van der Waals surface area contributed by atoms with Gasteiger partial charge in [-0.1, -0.05) is 49.0 Å². The topological polar surface area (TPSA) is 99.8 Å². The number of carbonyl (C=O) groups is 2. The molecular formula is C15H19N5O2S. The van der Waals surface area contributed by atoms with Crippen LogP contribution in [0.5, 0.6) is 0 Å². The Kier molecular flexibility index (Phi) is 6.16. The largest absolute Gasteiger partial charge is 0.341 e. The van der Waals surface area contributed by atoms with Crippen LogP contribution < -0.4 is 10.6 Å². The number of aromatic nitrogens is 3. The number of urea groups is 1. The van der Waals surface area contributed by atoms with Crippen molar-refractivity contribution in [2.24, 2.45) is 0 Å². The fraction of sp³-hybridized carbons (Fsp3) is 0.333. The highest BCUT2D eigenvalue weighted by Gasteiger charge is 2.25. The molecule has 1 unspecified atom stereocenters. The highest BCUT2D eigenvalue weighted by atomic mass is 32.2. The molecule has 3 N–H and O–H groups in total. The summed E-state index contributed by atoms with van der Waals surface area (Å²) in [5, 5.41) is 11.5. The van der Waals surface area contributed by atoms with Crippen molar-refractivity contribution in [1.82, 2.24) is 25.8 Å². The van der Waals surface area contributed by atoms with Crippen LogP contribution in [0.25, 0.3) is 0 Å². The number of aryl methyl sites for hydroxylation is 1. The minimum absolute atomic E-state index is 0.414. The lowest BCUT2D eigenvalue weighted by Gasteiger charge is -2.14. The molecule has 23 heavy (non-hydrogen) atoms. The van der Waals surface area contributed by atoms with Gasteiger partial charge in [0.15, 0.2) is 0 Å². The van der Waals surface area contributed by atoms with Crippen molar-refractivity contribution in [3.63, 3.8) is 0 Å². The van der Waals surface area contributed by atoms with E-state index in [1.54, 1.807) is 0 Å². The number of rotatable bonds is 6. The van der Waals surface area contributed by atoms with Gasteiger partial charge in [-0.3, -0.25) is 15.2 Å². The Balaban J connectivity index is 2.19. The molecule has 3 amide bonds. The van der Waals surface area contributed by atoms with Crippen molar-refractivity contribution < 1.29 is 9.59 Å². The lowest BCUT2D eigenvalue weighted by atomic mass is 10.1. The zero-order valence-corrected chi connectivity index (χ0v) is 13.8. The third kappa shape index (κ3) is 4.82. The van der Waals surface area contributed by atoms with Gasteiger partial charge in [0.2, 0.25) is 11.1 Å². The number of carbonyl (C=O) groups excluding carboxylic acids is 2. The van der Waals surface area contributed by atoms with Crippen LogP contribution >= 0.6 is 11.8 Å². The van der Waals surface area contributed by atoms with E-state index in [0.29, 0.717) is 5.16 Å². The zero-order valence-electron chi connectivity index (χ0n) is 13.0. The zero-order chi connectivity index (χ0) is 16.7. The predicted molar refractivity (Wildman–Crippen MR) is 88.0 cm³/mol. The minimum Gasteiger partial charge on any atom is -0.341 e. The second-order valence-corrected chi connectivity index (χ2v) is 5.86. The molecule has 0 fully saturated rings. The summed E-state index contributed by atoms with van der Waals surface area (Å²) in [4.78, 5) is 28.2. The predicted octanol–water partition coefficient (Wildman–Crippen LogP) is 2.05. The minimum atomic E-state index is -0.612. The van der Waals surface area contributed by atoms with E-state index in [9.17, 15) is 9.59 Å². The molecule has 0 spiro atoms. The Hall–Kier alpha value is -2.35. The molecule has 2 aromatic rings. The second kappa shape index (κ2) is 8.33. The van der Waals surface area contributed by atoms with Crippen LogP contribution in [0.2, 0.25) is 0 Å². The molecule has 8 heteroatoms. The summed E-state index contributed by atoms with van der Waals surface area (Å²) in [5.74, 6) is 0.371. The molecule has 1 aromatic heterocycles. The standard InChI is InChI=1S/C15H19N5O2S/c1-3-7-11-17-15(20-19-11)23-12(10-8-5-4-6-9-10)13(21)18-14(22)16-2/h4-6,8-9,12H,3,7H2,1-2H3,(H,17,19,20)(H2,16,18,21,22). The third-order valence-corrected chi connectivity index (χ3v) is 4.14. The fourth-order valence-corrected chi connectivity index (χ4v) is 2.86. The van der Waals surface area contributed by atoms with Crippen molar-refractivity contribution in [1.29, 1.82) is 0 Å². The number of nitrogens with zero attached hydrogens (tertiary/aromatic N) is 2. The summed E-state index contributed by atoms with van der Waals surface area (Å²) in [5.41, 5.74) is 0.778. The molecule has 0 radical (unpaired) electrons. The monoisotopic (exact) mass is 333 g/mol. The van der Waals surface area contributed by atoms with Crippen molar-refractivity contribution in [2.45, 2.75) is 30.2 Å². The average Bonchev–Trinajstić information content (AvgIpc) is 3.01.